The van der Waals surface area contributed by atoms with Crippen molar-refractivity contribution in [2.24, 2.45) is 0 Å². The van der Waals surface area contributed by atoms with Gasteiger partial charge in [0.2, 0.25) is 0 Å². The third-order valence-corrected chi connectivity index (χ3v) is 7.71. The number of nitrogens with zero attached hydrogens (tertiary/aromatic N) is 1. The fraction of sp³-hybridized carbons (Fsp3) is 0. The molecule has 172 valence electrons. The summed E-state index contributed by atoms with van der Waals surface area (Å²) in [5, 5.41) is 7.78. The largest absolute Gasteiger partial charge is 0.310 e. The van der Waals surface area contributed by atoms with Crippen molar-refractivity contribution in [1.82, 2.24) is 0 Å². The number of anilines is 3. The molecule has 37 heavy (non-hydrogen) atoms. The average molecular weight is 470 g/mol. The molecule has 0 atom stereocenters. The maximum absolute atomic E-state index is 2.39. The van der Waals surface area contributed by atoms with E-state index in [1.807, 2.05) is 0 Å². The monoisotopic (exact) mass is 469 g/mol. The van der Waals surface area contributed by atoms with Crippen LogP contribution in [0.3, 0.4) is 0 Å². The van der Waals surface area contributed by atoms with E-state index >= 15 is 0 Å². The summed E-state index contributed by atoms with van der Waals surface area (Å²) < 4.78 is 0. The molecule has 0 fully saturated rings. The zero-order valence-electron chi connectivity index (χ0n) is 20.2. The molecule has 0 saturated carbocycles. The van der Waals surface area contributed by atoms with Crippen LogP contribution >= 0.6 is 0 Å². The molecule has 0 radical (unpaired) electrons. The summed E-state index contributed by atoms with van der Waals surface area (Å²) >= 11 is 0. The highest BCUT2D eigenvalue weighted by molar-refractivity contribution is 6.26. The van der Waals surface area contributed by atoms with Crippen LogP contribution in [0.4, 0.5) is 17.1 Å². The van der Waals surface area contributed by atoms with Crippen LogP contribution < -0.4 is 4.90 Å². The first-order valence-electron chi connectivity index (χ1n) is 12.8. The molecule has 0 saturated heterocycles. The maximum atomic E-state index is 2.39. The lowest BCUT2D eigenvalue weighted by Crippen LogP contribution is -2.10. The third kappa shape index (κ3) is 2.98. The van der Waals surface area contributed by atoms with Crippen LogP contribution in [0.25, 0.3) is 54.6 Å². The van der Waals surface area contributed by atoms with Gasteiger partial charge in [0.25, 0.3) is 0 Å². The van der Waals surface area contributed by atoms with Gasteiger partial charge in [-0.15, -0.1) is 0 Å². The van der Waals surface area contributed by atoms with Crippen LogP contribution in [0, 0.1) is 0 Å². The van der Waals surface area contributed by atoms with Gasteiger partial charge in [0, 0.05) is 16.8 Å². The Labute approximate surface area is 215 Å². The standard InChI is InChI=1S/C36H23N/c1-3-14-27(15-4-1)37(28-16-5-2-6-17-28)34-20-10-19-30-32(34)23-26-13-9-18-29-31-21-24-11-7-8-12-25(24)22-33(31)36(30)35(26)29/h1-23H. The van der Waals surface area contributed by atoms with Crippen molar-refractivity contribution < 1.29 is 0 Å². The Morgan fingerprint density at radius 1 is 0.378 bits per heavy atom. The summed E-state index contributed by atoms with van der Waals surface area (Å²) in [7, 11) is 0. The predicted octanol–water partition coefficient (Wildman–Crippen LogP) is 10.3. The van der Waals surface area contributed by atoms with Crippen molar-refractivity contribution in [2.75, 3.05) is 4.90 Å². The molecule has 0 heterocycles. The molecule has 0 aliphatic heterocycles. The number of benzene rings is 7. The fourth-order valence-corrected chi connectivity index (χ4v) is 6.13. The van der Waals surface area contributed by atoms with E-state index in [0.717, 1.165) is 11.4 Å². The van der Waals surface area contributed by atoms with E-state index in [-0.39, 0.29) is 0 Å². The SMILES string of the molecule is c1ccc(N(c2ccccc2)c2cccc3c4c5c(cccc5cc23)-c2cc3ccccc3cc2-4)cc1. The van der Waals surface area contributed by atoms with Gasteiger partial charge in [0.05, 0.1) is 5.69 Å². The Bertz CT molecular complexity index is 1930. The highest BCUT2D eigenvalue weighted by Crippen LogP contribution is 2.53. The van der Waals surface area contributed by atoms with Gasteiger partial charge in [-0.05, 0) is 97.7 Å². The summed E-state index contributed by atoms with van der Waals surface area (Å²) in [6.07, 6.45) is 0. The minimum absolute atomic E-state index is 1.15. The molecule has 7 aromatic carbocycles. The number of fused-ring (bicyclic) bond motifs is 6. The van der Waals surface area contributed by atoms with Gasteiger partial charge in [-0.3, -0.25) is 0 Å². The van der Waals surface area contributed by atoms with Crippen LogP contribution in [-0.4, -0.2) is 0 Å². The van der Waals surface area contributed by atoms with Gasteiger partial charge in [0.15, 0.2) is 0 Å². The van der Waals surface area contributed by atoms with Crippen molar-refractivity contribution in [3.8, 4) is 22.3 Å². The quantitative estimate of drug-likeness (QED) is 0.233. The molecule has 0 unspecified atom stereocenters. The number of para-hydroxylation sites is 2. The van der Waals surface area contributed by atoms with E-state index in [9.17, 15) is 0 Å². The molecular weight excluding hydrogens is 446 g/mol. The second kappa shape index (κ2) is 7.81. The zero-order valence-corrected chi connectivity index (χ0v) is 20.2. The highest BCUT2D eigenvalue weighted by atomic mass is 15.1. The maximum Gasteiger partial charge on any atom is 0.0540 e. The molecular formula is C36H23N. The van der Waals surface area contributed by atoms with Crippen LogP contribution in [0.1, 0.15) is 0 Å². The van der Waals surface area contributed by atoms with Gasteiger partial charge < -0.3 is 4.90 Å². The molecule has 0 N–H and O–H groups in total. The van der Waals surface area contributed by atoms with Gasteiger partial charge in [-0.2, -0.15) is 0 Å². The lowest BCUT2D eigenvalue weighted by atomic mass is 9.93. The van der Waals surface area contributed by atoms with Gasteiger partial charge >= 0.3 is 0 Å². The normalized spacial score (nSPS) is 11.8. The van der Waals surface area contributed by atoms with E-state index in [4.69, 9.17) is 0 Å². The Morgan fingerprint density at radius 2 is 0.973 bits per heavy atom. The van der Waals surface area contributed by atoms with Gasteiger partial charge in [0.1, 0.15) is 0 Å². The molecule has 0 aromatic heterocycles. The van der Waals surface area contributed by atoms with Gasteiger partial charge in [-0.1, -0.05) is 91.0 Å². The molecule has 7 aromatic rings. The van der Waals surface area contributed by atoms with Crippen LogP contribution in [-0.2, 0) is 0 Å². The van der Waals surface area contributed by atoms with Crippen LogP contribution in [0.5, 0.6) is 0 Å². The first-order chi connectivity index (χ1) is 18.4. The van der Waals surface area contributed by atoms with E-state index in [2.05, 4.69) is 144 Å². The van der Waals surface area contributed by atoms with Crippen molar-refractivity contribution in [1.29, 1.82) is 0 Å². The number of hydrogen-bond donors (Lipinski definition) is 0. The average Bonchev–Trinajstić information content (AvgIpc) is 3.28. The molecule has 0 spiro atoms. The topological polar surface area (TPSA) is 3.24 Å². The number of hydrogen-bond acceptors (Lipinski definition) is 1. The lowest BCUT2D eigenvalue weighted by Gasteiger charge is -2.27. The predicted molar refractivity (Wildman–Crippen MR) is 158 cm³/mol. The smallest absolute Gasteiger partial charge is 0.0540 e. The molecule has 1 nitrogen and oxygen atoms in total. The van der Waals surface area contributed by atoms with Crippen molar-refractivity contribution >= 4 is 49.4 Å². The molecule has 8 rings (SSSR count). The van der Waals surface area contributed by atoms with E-state index in [1.165, 1.54) is 60.3 Å². The fourth-order valence-electron chi connectivity index (χ4n) is 6.13. The summed E-state index contributed by atoms with van der Waals surface area (Å²) in [5.74, 6) is 0. The lowest BCUT2D eigenvalue weighted by molar-refractivity contribution is 1.30. The number of rotatable bonds is 3. The molecule has 0 amide bonds. The second-order valence-corrected chi connectivity index (χ2v) is 9.78. The minimum Gasteiger partial charge on any atom is -0.310 e. The van der Waals surface area contributed by atoms with Gasteiger partial charge in [-0.25, -0.2) is 0 Å². The Balaban J connectivity index is 1.48. The van der Waals surface area contributed by atoms with Crippen molar-refractivity contribution in [3.05, 3.63) is 140 Å². The van der Waals surface area contributed by atoms with E-state index in [1.54, 1.807) is 0 Å². The van der Waals surface area contributed by atoms with Crippen LogP contribution in [0.15, 0.2) is 140 Å². The Morgan fingerprint density at radius 3 is 1.68 bits per heavy atom. The Hall–Kier alpha value is -4.88. The molecule has 0 bridgehead atoms. The molecule has 1 aliphatic carbocycles. The molecule has 1 heteroatoms. The first kappa shape index (κ1) is 20.3. The minimum atomic E-state index is 1.15. The van der Waals surface area contributed by atoms with Crippen molar-refractivity contribution in [2.45, 2.75) is 0 Å². The second-order valence-electron chi connectivity index (χ2n) is 9.78. The zero-order chi connectivity index (χ0) is 24.3. The van der Waals surface area contributed by atoms with Crippen LogP contribution in [0.2, 0.25) is 0 Å². The summed E-state index contributed by atoms with van der Waals surface area (Å²) in [4.78, 5) is 2.38. The highest BCUT2D eigenvalue weighted by Gasteiger charge is 2.26. The Kier molecular flexibility index (Phi) is 4.29. The molecule has 1 aliphatic rings. The van der Waals surface area contributed by atoms with E-state index < -0.39 is 0 Å². The summed E-state index contributed by atoms with van der Waals surface area (Å²) in [6.45, 7) is 0. The first-order valence-corrected chi connectivity index (χ1v) is 12.8. The summed E-state index contributed by atoms with van der Waals surface area (Å²) in [6, 6.07) is 50.7. The van der Waals surface area contributed by atoms with Crippen molar-refractivity contribution in [3.63, 3.8) is 0 Å². The summed E-state index contributed by atoms with van der Waals surface area (Å²) in [5.41, 5.74) is 8.84. The third-order valence-electron chi connectivity index (χ3n) is 7.71. The van der Waals surface area contributed by atoms with E-state index in [0.29, 0.717) is 0 Å².